The predicted octanol–water partition coefficient (Wildman–Crippen LogP) is 6.48. The van der Waals surface area contributed by atoms with Gasteiger partial charge in [0.05, 0.1) is 13.0 Å². The summed E-state index contributed by atoms with van der Waals surface area (Å²) in [7, 11) is 1.50. The summed E-state index contributed by atoms with van der Waals surface area (Å²) >= 11 is 0. The first kappa shape index (κ1) is 29.8. The molecule has 0 radical (unpaired) electrons. The molecular formula is C31H30F3NO6. The number of hydrogen-bond donors (Lipinski definition) is 1. The van der Waals surface area contributed by atoms with Crippen molar-refractivity contribution in [1.29, 1.82) is 0 Å². The van der Waals surface area contributed by atoms with Crippen molar-refractivity contribution in [3.63, 3.8) is 0 Å². The summed E-state index contributed by atoms with van der Waals surface area (Å²) in [6.07, 6.45) is -4.53. The normalized spacial score (nSPS) is 12.4. The van der Waals surface area contributed by atoms with Crippen molar-refractivity contribution in [1.82, 2.24) is 0 Å². The zero-order valence-electron chi connectivity index (χ0n) is 22.8. The van der Waals surface area contributed by atoms with E-state index < -0.39 is 23.8 Å². The highest BCUT2D eigenvalue weighted by Crippen LogP contribution is 2.40. The van der Waals surface area contributed by atoms with E-state index in [0.717, 1.165) is 5.56 Å². The van der Waals surface area contributed by atoms with Crippen molar-refractivity contribution in [2.45, 2.75) is 45.7 Å². The summed E-state index contributed by atoms with van der Waals surface area (Å²) in [5.74, 6) is -0.495. The second-order valence-corrected chi connectivity index (χ2v) is 9.67. The van der Waals surface area contributed by atoms with Gasteiger partial charge in [0.2, 0.25) is 0 Å². The number of ketones is 1. The van der Waals surface area contributed by atoms with Crippen LogP contribution in [0.15, 0.2) is 65.3 Å². The van der Waals surface area contributed by atoms with Gasteiger partial charge in [0.1, 0.15) is 35.9 Å². The first-order valence-electron chi connectivity index (χ1n) is 12.9. The third-order valence-electron chi connectivity index (χ3n) is 6.45. The minimum atomic E-state index is -4.63. The molecule has 0 bridgehead atoms. The number of fused-ring (bicyclic) bond motifs is 1. The molecule has 10 heteroatoms. The molecule has 0 amide bonds. The fourth-order valence-corrected chi connectivity index (χ4v) is 4.49. The Morgan fingerprint density at radius 2 is 1.83 bits per heavy atom. The van der Waals surface area contributed by atoms with E-state index in [1.165, 1.54) is 26.2 Å². The van der Waals surface area contributed by atoms with E-state index in [1.54, 1.807) is 43.3 Å². The Labute approximate surface area is 235 Å². The lowest BCUT2D eigenvalue weighted by Crippen LogP contribution is -2.21. The molecule has 0 saturated carbocycles. The third-order valence-corrected chi connectivity index (χ3v) is 6.45. The highest BCUT2D eigenvalue weighted by Gasteiger charge is 2.35. The molecule has 216 valence electrons. The van der Waals surface area contributed by atoms with Crippen molar-refractivity contribution in [2.75, 3.05) is 13.7 Å². The lowest BCUT2D eigenvalue weighted by molar-refractivity contribution is -0.149. The number of carbonyl (C=O) groups is 2. The average molecular weight is 570 g/mol. The summed E-state index contributed by atoms with van der Waals surface area (Å²) in [6, 6.07) is 14.9. The first-order chi connectivity index (χ1) is 19.5. The number of methoxy groups -OCH3 is 1. The number of alkyl halides is 3. The molecule has 4 aromatic rings. The van der Waals surface area contributed by atoms with E-state index in [-0.39, 0.29) is 48.7 Å². The zero-order chi connectivity index (χ0) is 29.7. The van der Waals surface area contributed by atoms with Gasteiger partial charge < -0.3 is 24.4 Å². The standard InChI is InChI=1S/C31H30F3NO6/c1-18(15-38-3)41-29(37)13-24-8-7-22(19(2)36)12-28(24)39-16-21-10-25(23-6-4-5-20(9-23)14-35)30-26(11-21)27(17-40-30)31(32,33)34/h4-12,17-18H,13-16,35H2,1-3H3. The van der Waals surface area contributed by atoms with E-state index in [2.05, 4.69) is 0 Å². The molecule has 2 N–H and O–H groups in total. The third kappa shape index (κ3) is 7.14. The molecule has 3 aromatic carbocycles. The van der Waals surface area contributed by atoms with Crippen molar-refractivity contribution >= 4 is 22.7 Å². The number of furan rings is 1. The van der Waals surface area contributed by atoms with Crippen LogP contribution in [0.2, 0.25) is 0 Å². The minimum absolute atomic E-state index is 0.0856. The zero-order valence-corrected chi connectivity index (χ0v) is 22.8. The molecule has 1 heterocycles. The molecular weight excluding hydrogens is 539 g/mol. The van der Waals surface area contributed by atoms with Crippen LogP contribution in [0.25, 0.3) is 22.1 Å². The fourth-order valence-electron chi connectivity index (χ4n) is 4.49. The highest BCUT2D eigenvalue weighted by atomic mass is 19.4. The van der Waals surface area contributed by atoms with Gasteiger partial charge in [-0.15, -0.1) is 0 Å². The molecule has 0 aliphatic rings. The van der Waals surface area contributed by atoms with Crippen LogP contribution in [0.5, 0.6) is 5.75 Å². The maximum Gasteiger partial charge on any atom is 0.420 e. The smallest absolute Gasteiger partial charge is 0.420 e. The maximum atomic E-state index is 13.8. The van der Waals surface area contributed by atoms with Gasteiger partial charge in [0.25, 0.3) is 0 Å². The molecule has 0 aliphatic heterocycles. The second-order valence-electron chi connectivity index (χ2n) is 9.67. The number of esters is 1. The maximum absolute atomic E-state index is 13.8. The van der Waals surface area contributed by atoms with E-state index in [9.17, 15) is 22.8 Å². The van der Waals surface area contributed by atoms with Crippen LogP contribution < -0.4 is 10.5 Å². The molecule has 0 saturated heterocycles. The molecule has 41 heavy (non-hydrogen) atoms. The number of hydrogen-bond acceptors (Lipinski definition) is 7. The second kappa shape index (κ2) is 12.6. The lowest BCUT2D eigenvalue weighted by Gasteiger charge is -2.16. The fraction of sp³-hybridized carbons (Fsp3) is 0.290. The Kier molecular flexibility index (Phi) is 9.14. The molecule has 0 spiro atoms. The average Bonchev–Trinajstić information content (AvgIpc) is 3.37. The molecule has 0 aliphatic carbocycles. The van der Waals surface area contributed by atoms with Crippen LogP contribution in [0.3, 0.4) is 0 Å². The summed E-state index contributed by atoms with van der Waals surface area (Å²) in [5.41, 5.74) is 8.08. The summed E-state index contributed by atoms with van der Waals surface area (Å²) in [4.78, 5) is 24.6. The molecule has 1 unspecified atom stereocenters. The topological polar surface area (TPSA) is 101 Å². The Bertz CT molecular complexity index is 1560. The Balaban J connectivity index is 1.71. The van der Waals surface area contributed by atoms with Gasteiger partial charge in [0.15, 0.2) is 5.78 Å². The quantitative estimate of drug-likeness (QED) is 0.163. The van der Waals surface area contributed by atoms with Crippen LogP contribution in [-0.2, 0) is 40.0 Å². The van der Waals surface area contributed by atoms with Crippen molar-refractivity contribution < 1.29 is 41.4 Å². The van der Waals surface area contributed by atoms with E-state index in [0.29, 0.717) is 34.1 Å². The van der Waals surface area contributed by atoms with E-state index in [1.807, 2.05) is 6.07 Å². The summed E-state index contributed by atoms with van der Waals surface area (Å²) in [5, 5.41) is -0.111. The van der Waals surface area contributed by atoms with Crippen LogP contribution in [0.1, 0.15) is 46.5 Å². The SMILES string of the molecule is COCC(C)OC(=O)Cc1ccc(C(C)=O)cc1OCc1cc(-c2cccc(CN)c2)c2occ(C(F)(F)F)c2c1. The van der Waals surface area contributed by atoms with E-state index >= 15 is 0 Å². The summed E-state index contributed by atoms with van der Waals surface area (Å²) in [6.45, 7) is 3.43. The minimum Gasteiger partial charge on any atom is -0.489 e. The molecule has 0 fully saturated rings. The molecule has 1 aromatic heterocycles. The van der Waals surface area contributed by atoms with Crippen molar-refractivity contribution in [3.05, 3.63) is 88.7 Å². The van der Waals surface area contributed by atoms with Crippen LogP contribution in [0, 0.1) is 0 Å². The van der Waals surface area contributed by atoms with Crippen LogP contribution >= 0.6 is 0 Å². The lowest BCUT2D eigenvalue weighted by atomic mass is 9.97. The number of rotatable bonds is 11. The number of ether oxygens (including phenoxy) is 3. The Hall–Kier alpha value is -4.15. The largest absolute Gasteiger partial charge is 0.489 e. The van der Waals surface area contributed by atoms with Gasteiger partial charge in [-0.2, -0.15) is 13.2 Å². The van der Waals surface area contributed by atoms with Gasteiger partial charge in [0, 0.05) is 35.7 Å². The number of Topliss-reactive ketones (excluding diaryl/α,β-unsaturated/α-hetero) is 1. The monoisotopic (exact) mass is 569 g/mol. The number of halogens is 3. The van der Waals surface area contributed by atoms with Gasteiger partial charge in [-0.05, 0) is 54.8 Å². The highest BCUT2D eigenvalue weighted by molar-refractivity contribution is 5.96. The van der Waals surface area contributed by atoms with Crippen LogP contribution in [-0.4, -0.2) is 31.6 Å². The van der Waals surface area contributed by atoms with Gasteiger partial charge in [-0.1, -0.05) is 30.3 Å². The number of nitrogens with two attached hydrogens (primary N) is 1. The predicted molar refractivity (Wildman–Crippen MR) is 146 cm³/mol. The Morgan fingerprint density at radius 1 is 1.05 bits per heavy atom. The molecule has 1 atom stereocenters. The summed E-state index contributed by atoms with van der Waals surface area (Å²) < 4.78 is 63.3. The van der Waals surface area contributed by atoms with Gasteiger partial charge >= 0.3 is 12.1 Å². The molecule has 4 rings (SSSR count). The number of carbonyl (C=O) groups excluding carboxylic acids is 2. The number of benzene rings is 3. The van der Waals surface area contributed by atoms with E-state index in [4.69, 9.17) is 24.4 Å². The van der Waals surface area contributed by atoms with Gasteiger partial charge in [-0.3, -0.25) is 9.59 Å². The first-order valence-corrected chi connectivity index (χ1v) is 12.9. The van der Waals surface area contributed by atoms with Crippen molar-refractivity contribution in [3.8, 4) is 16.9 Å². The Morgan fingerprint density at radius 3 is 2.51 bits per heavy atom. The molecule has 7 nitrogen and oxygen atoms in total. The van der Waals surface area contributed by atoms with Crippen molar-refractivity contribution in [2.24, 2.45) is 5.73 Å². The van der Waals surface area contributed by atoms with Crippen LogP contribution in [0.4, 0.5) is 13.2 Å². The van der Waals surface area contributed by atoms with Gasteiger partial charge in [-0.25, -0.2) is 0 Å².